The lowest BCUT2D eigenvalue weighted by atomic mass is 10.2. The van der Waals surface area contributed by atoms with Crippen molar-refractivity contribution in [2.45, 2.75) is 19.8 Å². The van der Waals surface area contributed by atoms with Crippen molar-refractivity contribution in [1.29, 1.82) is 0 Å². The Labute approximate surface area is 142 Å². The second kappa shape index (κ2) is 8.96. The van der Waals surface area contributed by atoms with Gasteiger partial charge in [0.1, 0.15) is 0 Å². The van der Waals surface area contributed by atoms with E-state index in [0.29, 0.717) is 18.1 Å². The Hall–Kier alpha value is -2.50. The first-order valence-corrected chi connectivity index (χ1v) is 8.18. The number of benzene rings is 1. The van der Waals surface area contributed by atoms with E-state index in [9.17, 15) is 9.59 Å². The predicted octanol–water partition coefficient (Wildman–Crippen LogP) is 1.85. The molecule has 0 radical (unpaired) electrons. The lowest BCUT2D eigenvalue weighted by Crippen LogP contribution is -2.38. The van der Waals surface area contributed by atoms with Crippen molar-refractivity contribution in [1.82, 2.24) is 10.2 Å². The molecule has 0 bridgehead atoms. The smallest absolute Gasteiger partial charge is 0.244 e. The van der Waals surface area contributed by atoms with Crippen LogP contribution in [0.15, 0.2) is 24.3 Å². The summed E-state index contributed by atoms with van der Waals surface area (Å²) in [5.41, 5.74) is 0.820. The van der Waals surface area contributed by atoms with Crippen molar-refractivity contribution >= 4 is 17.9 Å². The molecule has 1 N–H and O–H groups in total. The third-order valence-corrected chi connectivity index (χ3v) is 3.79. The van der Waals surface area contributed by atoms with E-state index in [0.717, 1.165) is 31.5 Å². The molecule has 0 atom stereocenters. The molecular formula is C18H24N2O4. The normalized spacial score (nSPS) is 14.0. The number of hydrogen-bond acceptors (Lipinski definition) is 4. The van der Waals surface area contributed by atoms with Gasteiger partial charge >= 0.3 is 0 Å². The predicted molar refractivity (Wildman–Crippen MR) is 92.0 cm³/mol. The van der Waals surface area contributed by atoms with Crippen LogP contribution in [-0.2, 0) is 9.59 Å². The largest absolute Gasteiger partial charge is 0.493 e. The third kappa shape index (κ3) is 5.01. The van der Waals surface area contributed by atoms with Gasteiger partial charge in [-0.15, -0.1) is 0 Å². The quantitative estimate of drug-likeness (QED) is 0.774. The van der Waals surface area contributed by atoms with Gasteiger partial charge in [0.05, 0.1) is 20.3 Å². The molecule has 1 saturated heterocycles. The molecule has 2 rings (SSSR count). The van der Waals surface area contributed by atoms with Gasteiger partial charge in [-0.3, -0.25) is 9.59 Å². The monoisotopic (exact) mass is 332 g/mol. The Morgan fingerprint density at radius 2 is 2.00 bits per heavy atom. The lowest BCUT2D eigenvalue weighted by molar-refractivity contribution is -0.131. The topological polar surface area (TPSA) is 67.9 Å². The van der Waals surface area contributed by atoms with E-state index in [1.54, 1.807) is 24.2 Å². The van der Waals surface area contributed by atoms with E-state index >= 15 is 0 Å². The van der Waals surface area contributed by atoms with Gasteiger partial charge in [0.2, 0.25) is 11.8 Å². The summed E-state index contributed by atoms with van der Waals surface area (Å²) in [4.78, 5) is 25.5. The highest BCUT2D eigenvalue weighted by Crippen LogP contribution is 2.28. The number of likely N-dealkylation sites (tertiary alicyclic amines) is 1. The Morgan fingerprint density at radius 3 is 2.67 bits per heavy atom. The molecule has 0 aromatic heterocycles. The number of nitrogens with zero attached hydrogens (tertiary/aromatic N) is 1. The number of methoxy groups -OCH3 is 1. The summed E-state index contributed by atoms with van der Waals surface area (Å²) in [6.45, 7) is 4.04. The molecule has 1 aromatic rings. The van der Waals surface area contributed by atoms with E-state index in [-0.39, 0.29) is 18.4 Å². The number of rotatable bonds is 7. The first-order chi connectivity index (χ1) is 11.6. The van der Waals surface area contributed by atoms with Crippen LogP contribution < -0.4 is 14.8 Å². The molecule has 130 valence electrons. The molecular weight excluding hydrogens is 308 g/mol. The molecule has 2 amide bonds. The number of carbonyl (C=O) groups is 2. The van der Waals surface area contributed by atoms with Crippen LogP contribution >= 0.6 is 0 Å². The van der Waals surface area contributed by atoms with Crippen molar-refractivity contribution in [3.8, 4) is 11.5 Å². The van der Waals surface area contributed by atoms with Crippen LogP contribution in [-0.4, -0.2) is 50.1 Å². The van der Waals surface area contributed by atoms with Gasteiger partial charge in [-0.2, -0.15) is 0 Å². The highest BCUT2D eigenvalue weighted by molar-refractivity contribution is 5.94. The second-order valence-corrected chi connectivity index (χ2v) is 5.48. The molecule has 1 aromatic carbocycles. The van der Waals surface area contributed by atoms with E-state index < -0.39 is 0 Å². The fraction of sp³-hybridized carbons (Fsp3) is 0.444. The summed E-state index contributed by atoms with van der Waals surface area (Å²) < 4.78 is 10.7. The molecule has 1 heterocycles. The molecule has 0 unspecified atom stereocenters. The van der Waals surface area contributed by atoms with Crippen LogP contribution in [0.2, 0.25) is 0 Å². The van der Waals surface area contributed by atoms with E-state index in [1.807, 2.05) is 19.1 Å². The highest BCUT2D eigenvalue weighted by atomic mass is 16.5. The summed E-state index contributed by atoms with van der Waals surface area (Å²) in [5, 5.41) is 2.62. The first-order valence-electron chi connectivity index (χ1n) is 8.18. The zero-order valence-electron chi connectivity index (χ0n) is 14.2. The third-order valence-electron chi connectivity index (χ3n) is 3.79. The zero-order chi connectivity index (χ0) is 17.4. The molecule has 1 aliphatic rings. The number of ether oxygens (including phenoxy) is 2. The molecule has 1 fully saturated rings. The Morgan fingerprint density at radius 1 is 1.25 bits per heavy atom. The minimum atomic E-state index is -0.295. The molecule has 0 saturated carbocycles. The number of hydrogen-bond donors (Lipinski definition) is 1. The molecule has 6 nitrogen and oxygen atoms in total. The Bertz CT molecular complexity index is 607. The highest BCUT2D eigenvalue weighted by Gasteiger charge is 2.17. The molecule has 24 heavy (non-hydrogen) atoms. The van der Waals surface area contributed by atoms with E-state index in [2.05, 4.69) is 5.32 Å². The summed E-state index contributed by atoms with van der Waals surface area (Å²) in [6.07, 6.45) is 5.17. The fourth-order valence-electron chi connectivity index (χ4n) is 2.54. The van der Waals surface area contributed by atoms with Crippen LogP contribution in [0.5, 0.6) is 11.5 Å². The van der Waals surface area contributed by atoms with Gasteiger partial charge in [0.25, 0.3) is 0 Å². The maximum Gasteiger partial charge on any atom is 0.244 e. The number of nitrogens with one attached hydrogen (secondary N) is 1. The van der Waals surface area contributed by atoms with Crippen LogP contribution in [0, 0.1) is 0 Å². The van der Waals surface area contributed by atoms with Crippen LogP contribution in [0.4, 0.5) is 0 Å². The average molecular weight is 332 g/mol. The van der Waals surface area contributed by atoms with Gasteiger partial charge in [-0.25, -0.2) is 0 Å². The first kappa shape index (κ1) is 17.8. The summed E-state index contributed by atoms with van der Waals surface area (Å²) in [6, 6.07) is 5.43. The van der Waals surface area contributed by atoms with Gasteiger partial charge in [0.15, 0.2) is 11.5 Å². The van der Waals surface area contributed by atoms with E-state index in [4.69, 9.17) is 9.47 Å². The summed E-state index contributed by atoms with van der Waals surface area (Å²) in [7, 11) is 1.58. The Kier molecular flexibility index (Phi) is 6.66. The van der Waals surface area contributed by atoms with Crippen molar-refractivity contribution in [2.75, 3.05) is 33.4 Å². The number of amides is 2. The van der Waals surface area contributed by atoms with Gasteiger partial charge in [-0.05, 0) is 43.5 Å². The summed E-state index contributed by atoms with van der Waals surface area (Å²) in [5.74, 6) is 0.954. The van der Waals surface area contributed by atoms with E-state index in [1.165, 1.54) is 6.08 Å². The standard InChI is InChI=1S/C18H24N2O4/c1-3-24-16-12-14(6-8-15(16)23-2)7-9-17(21)19-13-18(22)20-10-4-5-11-20/h6-9,12H,3-5,10-11,13H2,1-2H3,(H,19,21)/b9-7+. The van der Waals surface area contributed by atoms with Crippen LogP contribution in [0.25, 0.3) is 6.08 Å². The second-order valence-electron chi connectivity index (χ2n) is 5.48. The average Bonchev–Trinajstić information content (AvgIpc) is 3.13. The van der Waals surface area contributed by atoms with Crippen LogP contribution in [0.3, 0.4) is 0 Å². The van der Waals surface area contributed by atoms with Crippen molar-refractivity contribution in [3.63, 3.8) is 0 Å². The molecule has 6 heteroatoms. The van der Waals surface area contributed by atoms with Gasteiger partial charge in [0, 0.05) is 19.2 Å². The maximum atomic E-state index is 11.9. The Balaban J connectivity index is 1.88. The molecule has 0 spiro atoms. The molecule has 0 aliphatic carbocycles. The molecule has 1 aliphatic heterocycles. The minimum absolute atomic E-state index is 0.0303. The van der Waals surface area contributed by atoms with Crippen molar-refractivity contribution in [2.24, 2.45) is 0 Å². The summed E-state index contributed by atoms with van der Waals surface area (Å²) >= 11 is 0. The SMILES string of the molecule is CCOc1cc(/C=C/C(=O)NCC(=O)N2CCCC2)ccc1OC. The maximum absolute atomic E-state index is 11.9. The zero-order valence-corrected chi connectivity index (χ0v) is 14.2. The van der Waals surface area contributed by atoms with Gasteiger partial charge < -0.3 is 19.7 Å². The number of carbonyl (C=O) groups excluding carboxylic acids is 2. The van der Waals surface area contributed by atoms with Crippen molar-refractivity contribution in [3.05, 3.63) is 29.8 Å². The lowest BCUT2D eigenvalue weighted by Gasteiger charge is -2.14. The minimum Gasteiger partial charge on any atom is -0.493 e. The fourth-order valence-corrected chi connectivity index (χ4v) is 2.54. The van der Waals surface area contributed by atoms with Crippen molar-refractivity contribution < 1.29 is 19.1 Å². The van der Waals surface area contributed by atoms with Gasteiger partial charge in [-0.1, -0.05) is 6.07 Å². The van der Waals surface area contributed by atoms with Crippen LogP contribution in [0.1, 0.15) is 25.3 Å².